The van der Waals surface area contributed by atoms with Crippen molar-refractivity contribution in [1.82, 2.24) is 19.8 Å². The molecule has 0 saturated carbocycles. The quantitative estimate of drug-likeness (QED) is 0.648. The summed E-state index contributed by atoms with van der Waals surface area (Å²) in [5.74, 6) is -0.100. The van der Waals surface area contributed by atoms with Crippen molar-refractivity contribution < 1.29 is 9.59 Å². The first-order valence-corrected chi connectivity index (χ1v) is 11.2. The Hall–Kier alpha value is -3.32. The number of carbonyl (C=O) groups excluding carboxylic acids is 2. The number of para-hydroxylation sites is 2. The number of primary amides is 1. The fraction of sp³-hybridized carbons (Fsp3) is 0.360. The molecular formula is C25H27N5O2. The van der Waals surface area contributed by atoms with E-state index in [2.05, 4.69) is 27.0 Å². The molecule has 32 heavy (non-hydrogen) atoms. The van der Waals surface area contributed by atoms with E-state index in [1.807, 2.05) is 47.4 Å². The van der Waals surface area contributed by atoms with Gasteiger partial charge < -0.3 is 10.6 Å². The monoisotopic (exact) mass is 429 g/mol. The lowest BCUT2D eigenvalue weighted by atomic mass is 9.94. The molecule has 3 heterocycles. The maximum absolute atomic E-state index is 13.1. The van der Waals surface area contributed by atoms with Crippen molar-refractivity contribution in [3.8, 4) is 0 Å². The highest BCUT2D eigenvalue weighted by Gasteiger charge is 2.50. The summed E-state index contributed by atoms with van der Waals surface area (Å²) in [6.45, 7) is 2.78. The van der Waals surface area contributed by atoms with Crippen LogP contribution in [0.25, 0.3) is 11.0 Å². The SMILES string of the molecule is NC(=O)C1[C@@H]2CN(C(=O)c3cnc4ccccc4n3)CC2CN1CCCc1ccccc1. The van der Waals surface area contributed by atoms with Crippen LogP contribution in [-0.2, 0) is 11.2 Å². The summed E-state index contributed by atoms with van der Waals surface area (Å²) >= 11 is 0. The smallest absolute Gasteiger partial charge is 0.274 e. The van der Waals surface area contributed by atoms with Crippen molar-refractivity contribution in [3.05, 3.63) is 72.1 Å². The van der Waals surface area contributed by atoms with E-state index < -0.39 is 0 Å². The number of aromatic nitrogens is 2. The van der Waals surface area contributed by atoms with Gasteiger partial charge in [0.2, 0.25) is 5.91 Å². The van der Waals surface area contributed by atoms with Crippen molar-refractivity contribution in [3.63, 3.8) is 0 Å². The third-order valence-electron chi connectivity index (χ3n) is 6.76. The Morgan fingerprint density at radius 3 is 2.50 bits per heavy atom. The Morgan fingerprint density at radius 2 is 1.72 bits per heavy atom. The molecule has 3 atom stereocenters. The minimum atomic E-state index is -0.323. The number of carbonyl (C=O) groups is 2. The summed E-state index contributed by atoms with van der Waals surface area (Å²) in [6, 6.07) is 17.6. The van der Waals surface area contributed by atoms with Gasteiger partial charge >= 0.3 is 0 Å². The second-order valence-electron chi connectivity index (χ2n) is 8.81. The van der Waals surface area contributed by atoms with Gasteiger partial charge in [-0.1, -0.05) is 42.5 Å². The minimum absolute atomic E-state index is 0.0709. The van der Waals surface area contributed by atoms with Gasteiger partial charge in [-0.05, 0) is 43.0 Å². The Labute approximate surface area is 187 Å². The van der Waals surface area contributed by atoms with Crippen LogP contribution in [0, 0.1) is 11.8 Å². The molecule has 2 aliphatic heterocycles. The zero-order valence-corrected chi connectivity index (χ0v) is 17.9. The number of hydrogen-bond acceptors (Lipinski definition) is 5. The van der Waals surface area contributed by atoms with Crippen molar-refractivity contribution in [2.45, 2.75) is 18.9 Å². The van der Waals surface area contributed by atoms with Gasteiger partial charge in [-0.25, -0.2) is 4.98 Å². The third kappa shape index (κ3) is 3.96. The Morgan fingerprint density at radius 1 is 0.969 bits per heavy atom. The minimum Gasteiger partial charge on any atom is -0.368 e. The van der Waals surface area contributed by atoms with Gasteiger partial charge in [-0.15, -0.1) is 0 Å². The summed E-state index contributed by atoms with van der Waals surface area (Å²) in [7, 11) is 0. The van der Waals surface area contributed by atoms with Crippen LogP contribution < -0.4 is 5.73 Å². The molecule has 0 bridgehead atoms. The second-order valence-corrected chi connectivity index (χ2v) is 8.81. The molecule has 5 rings (SSSR count). The molecule has 2 aliphatic rings. The van der Waals surface area contributed by atoms with E-state index in [1.165, 1.54) is 5.56 Å². The van der Waals surface area contributed by atoms with Gasteiger partial charge in [0, 0.05) is 25.6 Å². The van der Waals surface area contributed by atoms with Crippen LogP contribution in [0.5, 0.6) is 0 Å². The fourth-order valence-corrected chi connectivity index (χ4v) is 5.27. The average molecular weight is 430 g/mol. The van der Waals surface area contributed by atoms with E-state index in [4.69, 9.17) is 5.73 Å². The molecule has 2 amide bonds. The lowest BCUT2D eigenvalue weighted by molar-refractivity contribution is -0.123. The summed E-state index contributed by atoms with van der Waals surface area (Å²) in [5.41, 5.74) is 8.94. The van der Waals surface area contributed by atoms with Gasteiger partial charge in [-0.3, -0.25) is 19.5 Å². The summed E-state index contributed by atoms with van der Waals surface area (Å²) in [5, 5.41) is 0. The number of rotatable bonds is 6. The molecule has 2 unspecified atom stereocenters. The summed E-state index contributed by atoms with van der Waals surface area (Å²) < 4.78 is 0. The van der Waals surface area contributed by atoms with E-state index in [1.54, 1.807) is 6.20 Å². The number of fused-ring (bicyclic) bond motifs is 2. The standard InChI is InChI=1S/C25H27N5O2/c26-24(31)23-19-16-30(25(32)22-13-27-20-10-4-5-11-21(20)28-22)15-18(19)14-29(23)12-6-9-17-7-2-1-3-8-17/h1-5,7-8,10-11,13,18-19,23H,6,9,12,14-16H2,(H2,26,31)/t18?,19-,23?/m1/s1. The Bertz CT molecular complexity index is 1140. The molecule has 0 aliphatic carbocycles. The molecule has 2 saturated heterocycles. The number of likely N-dealkylation sites (tertiary alicyclic amines) is 2. The van der Waals surface area contributed by atoms with Gasteiger partial charge in [0.1, 0.15) is 5.69 Å². The second kappa shape index (κ2) is 8.67. The molecule has 164 valence electrons. The van der Waals surface area contributed by atoms with Gasteiger partial charge in [0.15, 0.2) is 0 Å². The average Bonchev–Trinajstić information content (AvgIpc) is 3.36. The largest absolute Gasteiger partial charge is 0.368 e. The molecule has 2 aromatic carbocycles. The number of nitrogens with zero attached hydrogens (tertiary/aromatic N) is 4. The Balaban J connectivity index is 1.24. The Kier molecular flexibility index (Phi) is 5.57. The van der Waals surface area contributed by atoms with Crippen molar-refractivity contribution in [1.29, 1.82) is 0 Å². The molecule has 2 fully saturated rings. The first kappa shape index (κ1) is 20.6. The lowest BCUT2D eigenvalue weighted by Gasteiger charge is -2.27. The fourth-order valence-electron chi connectivity index (χ4n) is 5.27. The molecule has 0 spiro atoms. The van der Waals surface area contributed by atoms with Crippen LogP contribution in [0.15, 0.2) is 60.8 Å². The maximum atomic E-state index is 13.1. The van der Waals surface area contributed by atoms with Crippen LogP contribution in [0.3, 0.4) is 0 Å². The normalized spacial score (nSPS) is 22.9. The molecular weight excluding hydrogens is 402 g/mol. The van der Waals surface area contributed by atoms with Gasteiger partial charge in [-0.2, -0.15) is 0 Å². The number of benzene rings is 2. The van der Waals surface area contributed by atoms with Crippen LogP contribution >= 0.6 is 0 Å². The predicted molar refractivity (Wildman–Crippen MR) is 122 cm³/mol. The highest BCUT2D eigenvalue weighted by molar-refractivity contribution is 5.94. The van der Waals surface area contributed by atoms with E-state index in [0.29, 0.717) is 24.3 Å². The van der Waals surface area contributed by atoms with Crippen LogP contribution in [0.4, 0.5) is 0 Å². The van der Waals surface area contributed by atoms with E-state index >= 15 is 0 Å². The highest BCUT2D eigenvalue weighted by atomic mass is 16.2. The van der Waals surface area contributed by atoms with Crippen LogP contribution in [-0.4, -0.2) is 63.8 Å². The first-order chi connectivity index (χ1) is 15.6. The lowest BCUT2D eigenvalue weighted by Crippen LogP contribution is -2.46. The van der Waals surface area contributed by atoms with Gasteiger partial charge in [0.05, 0.1) is 23.3 Å². The zero-order valence-electron chi connectivity index (χ0n) is 17.9. The number of aryl methyl sites for hydroxylation is 1. The predicted octanol–water partition coefficient (Wildman–Crippen LogP) is 2.12. The summed E-state index contributed by atoms with van der Waals surface area (Å²) in [6.07, 6.45) is 3.49. The molecule has 7 nitrogen and oxygen atoms in total. The summed E-state index contributed by atoms with van der Waals surface area (Å²) in [4.78, 5) is 38.3. The third-order valence-corrected chi connectivity index (χ3v) is 6.76. The van der Waals surface area contributed by atoms with Crippen molar-refractivity contribution in [2.75, 3.05) is 26.2 Å². The molecule has 1 aromatic heterocycles. The van der Waals surface area contributed by atoms with Crippen LogP contribution in [0.1, 0.15) is 22.5 Å². The van der Waals surface area contributed by atoms with E-state index in [9.17, 15) is 9.59 Å². The topological polar surface area (TPSA) is 92.4 Å². The van der Waals surface area contributed by atoms with Crippen molar-refractivity contribution in [2.24, 2.45) is 17.6 Å². The maximum Gasteiger partial charge on any atom is 0.274 e. The number of hydrogen-bond donors (Lipinski definition) is 1. The molecule has 7 heteroatoms. The van der Waals surface area contributed by atoms with E-state index in [0.717, 1.165) is 31.4 Å². The molecule has 0 radical (unpaired) electrons. The van der Waals surface area contributed by atoms with Gasteiger partial charge in [0.25, 0.3) is 5.91 Å². The number of nitrogens with two attached hydrogens (primary N) is 1. The first-order valence-electron chi connectivity index (χ1n) is 11.2. The molecule has 2 N–H and O–H groups in total. The van der Waals surface area contributed by atoms with E-state index in [-0.39, 0.29) is 29.7 Å². The highest BCUT2D eigenvalue weighted by Crippen LogP contribution is 2.36. The van der Waals surface area contributed by atoms with Crippen LogP contribution in [0.2, 0.25) is 0 Å². The molecule has 3 aromatic rings. The zero-order chi connectivity index (χ0) is 22.1. The van der Waals surface area contributed by atoms with Crippen molar-refractivity contribution >= 4 is 22.8 Å². The number of amides is 2.